The Balaban J connectivity index is 2.68. The van der Waals surface area contributed by atoms with Crippen molar-refractivity contribution in [1.82, 2.24) is 0 Å². The minimum atomic E-state index is -0.891. The summed E-state index contributed by atoms with van der Waals surface area (Å²) in [6.45, 7) is 6.99. The fourth-order valence-corrected chi connectivity index (χ4v) is 10.2. The lowest BCUT2D eigenvalue weighted by molar-refractivity contribution is 0.600. The van der Waals surface area contributed by atoms with E-state index in [-0.39, 0.29) is 0 Å². The third-order valence-corrected chi connectivity index (χ3v) is 12.4. The van der Waals surface area contributed by atoms with Crippen LogP contribution in [0.5, 0.6) is 0 Å². The van der Waals surface area contributed by atoms with Crippen LogP contribution in [-0.4, -0.2) is 18.5 Å². The number of hydrogen-bond donors (Lipinski definition) is 0. The number of hydrogen-bond acceptors (Lipinski definition) is 0. The van der Waals surface area contributed by atoms with E-state index < -0.39 is 7.26 Å². The van der Waals surface area contributed by atoms with Crippen LogP contribution in [0, 0.1) is 0 Å². The van der Waals surface area contributed by atoms with E-state index in [1.54, 1.807) is 24.0 Å². The molecule has 33 heavy (non-hydrogen) atoms. The van der Waals surface area contributed by atoms with Gasteiger partial charge in [-0.3, -0.25) is 0 Å². The van der Waals surface area contributed by atoms with Crippen LogP contribution in [0.2, 0.25) is 0 Å². The van der Waals surface area contributed by atoms with Crippen molar-refractivity contribution in [3.63, 3.8) is 0 Å². The van der Waals surface area contributed by atoms with Gasteiger partial charge in [0.1, 0.15) is 0 Å². The molecule has 1 aromatic carbocycles. The third kappa shape index (κ3) is 16.8. The minimum Gasteiger partial charge on any atom is -0.0654 e. The highest BCUT2D eigenvalue weighted by atomic mass is 31.2. The van der Waals surface area contributed by atoms with E-state index >= 15 is 0 Å². The van der Waals surface area contributed by atoms with Crippen molar-refractivity contribution < 1.29 is 0 Å². The van der Waals surface area contributed by atoms with E-state index in [0.717, 1.165) is 0 Å². The highest BCUT2D eigenvalue weighted by molar-refractivity contribution is 7.75. The molecule has 0 bridgehead atoms. The van der Waals surface area contributed by atoms with Crippen molar-refractivity contribution >= 4 is 7.26 Å². The molecule has 0 aliphatic heterocycles. The van der Waals surface area contributed by atoms with Crippen molar-refractivity contribution in [3.05, 3.63) is 35.9 Å². The first-order chi connectivity index (χ1) is 16.3. The van der Waals surface area contributed by atoms with Gasteiger partial charge in [-0.15, -0.1) is 0 Å². The quantitative estimate of drug-likeness (QED) is 0.103. The average Bonchev–Trinajstić information content (AvgIpc) is 2.83. The van der Waals surface area contributed by atoms with Crippen molar-refractivity contribution in [2.75, 3.05) is 18.5 Å². The maximum absolute atomic E-state index is 2.42. The maximum Gasteiger partial charge on any atom is 0.0842 e. The summed E-state index contributed by atoms with van der Waals surface area (Å²) in [5.41, 5.74) is 1.63. The van der Waals surface area contributed by atoms with Gasteiger partial charge in [-0.05, 0) is 44.1 Å². The van der Waals surface area contributed by atoms with Crippen LogP contribution in [0.25, 0.3) is 0 Å². The zero-order valence-electron chi connectivity index (χ0n) is 23.1. The summed E-state index contributed by atoms with van der Waals surface area (Å²) in [5, 5.41) is 0. The Labute approximate surface area is 210 Å². The topological polar surface area (TPSA) is 0 Å². The van der Waals surface area contributed by atoms with Crippen LogP contribution < -0.4 is 0 Å². The largest absolute Gasteiger partial charge is 0.0842 e. The Hall–Kier alpha value is -0.350. The number of rotatable bonds is 24. The highest BCUT2D eigenvalue weighted by Gasteiger charge is 2.35. The lowest BCUT2D eigenvalue weighted by atomic mass is 10.1. The molecule has 0 nitrogen and oxygen atoms in total. The van der Waals surface area contributed by atoms with Crippen LogP contribution in [0.1, 0.15) is 148 Å². The first kappa shape index (κ1) is 30.7. The van der Waals surface area contributed by atoms with Crippen LogP contribution in [-0.2, 0) is 6.16 Å². The van der Waals surface area contributed by atoms with E-state index in [9.17, 15) is 0 Å². The molecule has 1 heteroatoms. The van der Waals surface area contributed by atoms with Gasteiger partial charge in [0.15, 0.2) is 0 Å². The van der Waals surface area contributed by atoms with E-state index in [1.807, 2.05) is 0 Å². The van der Waals surface area contributed by atoms with Crippen molar-refractivity contribution in [1.29, 1.82) is 0 Å². The molecule has 0 heterocycles. The van der Waals surface area contributed by atoms with Crippen LogP contribution >= 0.6 is 7.26 Å². The Kier molecular flexibility index (Phi) is 20.6. The molecule has 0 radical (unpaired) electrons. The van der Waals surface area contributed by atoms with E-state index in [2.05, 4.69) is 51.1 Å². The molecule has 0 aromatic heterocycles. The Bertz CT molecular complexity index is 492. The van der Waals surface area contributed by atoms with Gasteiger partial charge in [0.25, 0.3) is 0 Å². The second-order valence-electron chi connectivity index (χ2n) is 10.8. The summed E-state index contributed by atoms with van der Waals surface area (Å²) in [5.74, 6) is 0. The zero-order chi connectivity index (χ0) is 23.9. The molecule has 0 spiro atoms. The fourth-order valence-electron chi connectivity index (χ4n) is 5.40. The molecule has 0 atom stereocenters. The van der Waals surface area contributed by atoms with E-state index in [1.165, 1.54) is 128 Å². The second-order valence-corrected chi connectivity index (χ2v) is 15.2. The lowest BCUT2D eigenvalue weighted by Crippen LogP contribution is -2.12. The standard InChI is InChI=1S/C32H60P/c1-4-7-10-13-16-19-25-30-33(28-23-17-14-11-8-5-2,29-24-18-15-12-9-6-3)31-32-26-21-20-22-27-32/h20-22,26-27H,4-19,23-25,28-31H2,1-3H3/q+1. The lowest BCUT2D eigenvalue weighted by Gasteiger charge is -2.28. The van der Waals surface area contributed by atoms with Crippen molar-refractivity contribution in [2.45, 2.75) is 149 Å². The Morgan fingerprint density at radius 1 is 0.424 bits per heavy atom. The molecule has 0 amide bonds. The van der Waals surface area contributed by atoms with Crippen molar-refractivity contribution in [2.24, 2.45) is 0 Å². The van der Waals surface area contributed by atoms with Gasteiger partial charge in [-0.2, -0.15) is 0 Å². The van der Waals surface area contributed by atoms with E-state index in [4.69, 9.17) is 0 Å². The van der Waals surface area contributed by atoms with Gasteiger partial charge >= 0.3 is 0 Å². The Morgan fingerprint density at radius 2 is 0.758 bits per heavy atom. The molecule has 192 valence electrons. The normalized spacial score (nSPS) is 11.8. The van der Waals surface area contributed by atoms with Gasteiger partial charge in [0.05, 0.1) is 24.6 Å². The van der Waals surface area contributed by atoms with Crippen LogP contribution in [0.4, 0.5) is 0 Å². The summed E-state index contributed by atoms with van der Waals surface area (Å²) < 4.78 is 0. The summed E-state index contributed by atoms with van der Waals surface area (Å²) in [6.07, 6.45) is 33.7. The summed E-state index contributed by atoms with van der Waals surface area (Å²) in [6, 6.07) is 11.6. The van der Waals surface area contributed by atoms with Gasteiger partial charge in [0.2, 0.25) is 0 Å². The molecule has 0 N–H and O–H groups in total. The first-order valence-corrected chi connectivity index (χ1v) is 17.7. The highest BCUT2D eigenvalue weighted by Crippen LogP contribution is 2.63. The van der Waals surface area contributed by atoms with Gasteiger partial charge < -0.3 is 0 Å². The molecule has 0 aliphatic rings. The third-order valence-electron chi connectivity index (χ3n) is 7.57. The zero-order valence-corrected chi connectivity index (χ0v) is 24.0. The fraction of sp³-hybridized carbons (Fsp3) is 0.812. The minimum absolute atomic E-state index is 0.891. The molecular weight excluding hydrogens is 415 g/mol. The SMILES string of the molecule is CCCCCCCCC[P+](CCCCCCCC)(CCCCCCCC)Cc1ccccc1. The van der Waals surface area contributed by atoms with Gasteiger partial charge in [0, 0.05) is 7.26 Å². The predicted molar refractivity (Wildman–Crippen MR) is 156 cm³/mol. The molecule has 0 unspecified atom stereocenters. The van der Waals surface area contributed by atoms with Gasteiger partial charge in [-0.1, -0.05) is 135 Å². The second kappa shape index (κ2) is 22.1. The predicted octanol–water partition coefficient (Wildman–Crippen LogP) is 11.7. The smallest absolute Gasteiger partial charge is 0.0654 e. The first-order valence-electron chi connectivity index (χ1n) is 15.2. The van der Waals surface area contributed by atoms with Crippen molar-refractivity contribution in [3.8, 4) is 0 Å². The molecule has 0 fully saturated rings. The van der Waals surface area contributed by atoms with Crippen LogP contribution in [0.15, 0.2) is 30.3 Å². The molecule has 1 aromatic rings. The summed E-state index contributed by atoms with van der Waals surface area (Å²) in [7, 11) is -0.891. The monoisotopic (exact) mass is 475 g/mol. The molecule has 1 rings (SSSR count). The summed E-state index contributed by atoms with van der Waals surface area (Å²) in [4.78, 5) is 0. The van der Waals surface area contributed by atoms with Gasteiger partial charge in [-0.25, -0.2) is 0 Å². The summed E-state index contributed by atoms with van der Waals surface area (Å²) >= 11 is 0. The number of unbranched alkanes of at least 4 members (excludes halogenated alkanes) is 16. The van der Waals surface area contributed by atoms with E-state index in [0.29, 0.717) is 0 Å². The Morgan fingerprint density at radius 3 is 1.12 bits per heavy atom. The number of benzene rings is 1. The van der Waals surface area contributed by atoms with Crippen LogP contribution in [0.3, 0.4) is 0 Å². The maximum atomic E-state index is 2.42. The molecular formula is C32H60P+. The molecule has 0 aliphatic carbocycles. The molecule has 0 saturated carbocycles. The molecule has 0 saturated heterocycles. The average molecular weight is 476 g/mol.